The van der Waals surface area contributed by atoms with Crippen LogP contribution in [0, 0.1) is 0 Å². The number of ether oxygens (including phenoxy) is 1. The van der Waals surface area contributed by atoms with Crippen molar-refractivity contribution >= 4 is 10.8 Å². The average Bonchev–Trinajstić information content (AvgIpc) is 2.63. The summed E-state index contributed by atoms with van der Waals surface area (Å²) in [5.41, 5.74) is 1.37. The van der Waals surface area contributed by atoms with Crippen molar-refractivity contribution in [1.29, 1.82) is 0 Å². The van der Waals surface area contributed by atoms with Crippen LogP contribution in [-0.2, 0) is 22.0 Å². The van der Waals surface area contributed by atoms with Crippen LogP contribution in [0.2, 0.25) is 0 Å². The highest BCUT2D eigenvalue weighted by molar-refractivity contribution is 7.88. The van der Waals surface area contributed by atoms with E-state index < -0.39 is 10.8 Å². The first-order chi connectivity index (χ1) is 11.3. The van der Waals surface area contributed by atoms with Crippen molar-refractivity contribution in [1.82, 2.24) is 0 Å². The Morgan fingerprint density at radius 1 is 1.00 bits per heavy atom. The molecule has 0 saturated carbocycles. The molecule has 23 heavy (non-hydrogen) atoms. The molecule has 2 aromatic carbocycles. The van der Waals surface area contributed by atoms with Gasteiger partial charge in [0.2, 0.25) is 0 Å². The molecular formula is C20H22O2S. The standard InChI is InChI=1S/C20H22O2S/c21-23(19-14-5-2-6-15-19)20-16-8-13-18(22-20)12-7-11-17-9-3-1-4-10-17/h1-6,9-10,14-16,18H,7-8,11-13H2. The maximum atomic E-state index is 12.6. The summed E-state index contributed by atoms with van der Waals surface area (Å²) in [5, 5.41) is 0.632. The van der Waals surface area contributed by atoms with Gasteiger partial charge >= 0.3 is 0 Å². The summed E-state index contributed by atoms with van der Waals surface area (Å²) in [5.74, 6) is 0. The van der Waals surface area contributed by atoms with Crippen molar-refractivity contribution in [2.45, 2.75) is 43.1 Å². The SMILES string of the molecule is O=S(C1=CCCC(CCCc2ccccc2)O1)c1ccccc1. The zero-order valence-corrected chi connectivity index (χ0v) is 14.0. The van der Waals surface area contributed by atoms with E-state index in [9.17, 15) is 4.21 Å². The van der Waals surface area contributed by atoms with E-state index in [0.29, 0.717) is 5.09 Å². The van der Waals surface area contributed by atoms with E-state index in [1.807, 2.05) is 42.5 Å². The fourth-order valence-corrected chi connectivity index (χ4v) is 3.95. The first-order valence-corrected chi connectivity index (χ1v) is 9.35. The van der Waals surface area contributed by atoms with Gasteiger partial charge in [0, 0.05) is 4.90 Å². The summed E-state index contributed by atoms with van der Waals surface area (Å²) >= 11 is 0. The number of benzene rings is 2. The highest BCUT2D eigenvalue weighted by Gasteiger charge is 2.21. The summed E-state index contributed by atoms with van der Waals surface area (Å²) in [7, 11) is -1.19. The third kappa shape index (κ3) is 4.55. The van der Waals surface area contributed by atoms with Gasteiger partial charge in [0.25, 0.3) is 0 Å². The minimum absolute atomic E-state index is 0.186. The second-order valence-corrected chi connectivity index (χ2v) is 7.21. The minimum atomic E-state index is -1.19. The van der Waals surface area contributed by atoms with Gasteiger partial charge in [0.1, 0.15) is 10.8 Å². The fourth-order valence-electron chi connectivity index (χ4n) is 2.82. The monoisotopic (exact) mass is 326 g/mol. The third-order valence-electron chi connectivity index (χ3n) is 4.06. The van der Waals surface area contributed by atoms with E-state index in [2.05, 4.69) is 24.3 Å². The molecule has 0 amide bonds. The summed E-state index contributed by atoms with van der Waals surface area (Å²) in [6.45, 7) is 0. The van der Waals surface area contributed by atoms with E-state index in [1.54, 1.807) is 0 Å². The maximum absolute atomic E-state index is 12.6. The quantitative estimate of drug-likeness (QED) is 0.759. The van der Waals surface area contributed by atoms with Crippen molar-refractivity contribution in [3.05, 3.63) is 77.4 Å². The number of hydrogen-bond donors (Lipinski definition) is 0. The lowest BCUT2D eigenvalue weighted by Crippen LogP contribution is -2.18. The molecule has 1 aliphatic heterocycles. The lowest BCUT2D eigenvalue weighted by molar-refractivity contribution is 0.104. The van der Waals surface area contributed by atoms with Crippen LogP contribution in [0.15, 0.2) is 76.7 Å². The molecule has 0 radical (unpaired) electrons. The molecule has 2 nitrogen and oxygen atoms in total. The smallest absolute Gasteiger partial charge is 0.184 e. The van der Waals surface area contributed by atoms with Crippen LogP contribution in [0.4, 0.5) is 0 Å². The molecule has 2 unspecified atom stereocenters. The van der Waals surface area contributed by atoms with Gasteiger partial charge in [-0.05, 0) is 55.9 Å². The molecule has 3 rings (SSSR count). The number of aryl methyl sites for hydroxylation is 1. The van der Waals surface area contributed by atoms with Gasteiger partial charge in [-0.25, -0.2) is 4.21 Å². The Bertz CT molecular complexity index is 665. The molecule has 0 fully saturated rings. The molecule has 2 aromatic rings. The van der Waals surface area contributed by atoms with E-state index in [4.69, 9.17) is 4.74 Å². The fraction of sp³-hybridized carbons (Fsp3) is 0.300. The molecule has 120 valence electrons. The van der Waals surface area contributed by atoms with Crippen LogP contribution >= 0.6 is 0 Å². The summed E-state index contributed by atoms with van der Waals surface area (Å²) in [4.78, 5) is 0.809. The summed E-state index contributed by atoms with van der Waals surface area (Å²) in [6.07, 6.45) is 7.32. The van der Waals surface area contributed by atoms with Gasteiger partial charge in [0.05, 0.1) is 6.10 Å². The van der Waals surface area contributed by atoms with Crippen molar-refractivity contribution in [3.63, 3.8) is 0 Å². The van der Waals surface area contributed by atoms with E-state index in [0.717, 1.165) is 37.0 Å². The zero-order chi connectivity index (χ0) is 15.9. The van der Waals surface area contributed by atoms with Gasteiger partial charge in [-0.2, -0.15) is 0 Å². The number of hydrogen-bond acceptors (Lipinski definition) is 2. The first kappa shape index (κ1) is 16.0. The van der Waals surface area contributed by atoms with E-state index in [-0.39, 0.29) is 6.10 Å². The Labute approximate surface area is 140 Å². The van der Waals surface area contributed by atoms with Crippen LogP contribution in [0.1, 0.15) is 31.2 Å². The Kier molecular flexibility index (Phi) is 5.65. The van der Waals surface area contributed by atoms with Crippen LogP contribution < -0.4 is 0 Å². The molecule has 0 N–H and O–H groups in total. The van der Waals surface area contributed by atoms with Crippen LogP contribution in [-0.4, -0.2) is 10.3 Å². The van der Waals surface area contributed by atoms with Crippen molar-refractivity contribution in [3.8, 4) is 0 Å². The van der Waals surface area contributed by atoms with E-state index in [1.165, 1.54) is 5.56 Å². The molecule has 0 bridgehead atoms. The molecular weight excluding hydrogens is 304 g/mol. The van der Waals surface area contributed by atoms with Gasteiger partial charge in [-0.1, -0.05) is 48.5 Å². The minimum Gasteiger partial charge on any atom is -0.482 e. The Balaban J connectivity index is 1.52. The lowest BCUT2D eigenvalue weighted by atomic mass is 10.0. The number of allylic oxidation sites excluding steroid dienone is 1. The molecule has 0 saturated heterocycles. The molecule has 0 spiro atoms. The highest BCUT2D eigenvalue weighted by atomic mass is 32.2. The largest absolute Gasteiger partial charge is 0.482 e. The first-order valence-electron chi connectivity index (χ1n) is 8.20. The lowest BCUT2D eigenvalue weighted by Gasteiger charge is -2.24. The van der Waals surface area contributed by atoms with Crippen LogP contribution in [0.5, 0.6) is 0 Å². The molecule has 0 aliphatic carbocycles. The predicted octanol–water partition coefficient (Wildman–Crippen LogP) is 4.84. The van der Waals surface area contributed by atoms with Crippen molar-refractivity contribution < 1.29 is 8.95 Å². The second kappa shape index (κ2) is 8.11. The Morgan fingerprint density at radius 2 is 1.70 bits per heavy atom. The second-order valence-electron chi connectivity index (χ2n) is 5.80. The van der Waals surface area contributed by atoms with E-state index >= 15 is 0 Å². The molecule has 1 aliphatic rings. The molecule has 3 heteroatoms. The highest BCUT2D eigenvalue weighted by Crippen LogP contribution is 2.26. The Morgan fingerprint density at radius 3 is 2.43 bits per heavy atom. The zero-order valence-electron chi connectivity index (χ0n) is 13.2. The third-order valence-corrected chi connectivity index (χ3v) is 5.39. The predicted molar refractivity (Wildman–Crippen MR) is 94.4 cm³/mol. The van der Waals surface area contributed by atoms with Gasteiger partial charge in [0.15, 0.2) is 5.09 Å². The van der Waals surface area contributed by atoms with Gasteiger partial charge < -0.3 is 4.74 Å². The van der Waals surface area contributed by atoms with Crippen LogP contribution in [0.25, 0.3) is 0 Å². The van der Waals surface area contributed by atoms with Crippen molar-refractivity contribution in [2.24, 2.45) is 0 Å². The van der Waals surface area contributed by atoms with Gasteiger partial charge in [-0.3, -0.25) is 0 Å². The van der Waals surface area contributed by atoms with Gasteiger partial charge in [-0.15, -0.1) is 0 Å². The topological polar surface area (TPSA) is 26.3 Å². The summed E-state index contributed by atoms with van der Waals surface area (Å²) in [6, 6.07) is 20.1. The normalized spacial score (nSPS) is 18.8. The van der Waals surface area contributed by atoms with Crippen molar-refractivity contribution in [2.75, 3.05) is 0 Å². The summed E-state index contributed by atoms with van der Waals surface area (Å²) < 4.78 is 18.6. The molecule has 2 atom stereocenters. The maximum Gasteiger partial charge on any atom is 0.184 e. The molecule has 0 aromatic heterocycles. The Hall–Kier alpha value is -1.87. The van der Waals surface area contributed by atoms with Crippen LogP contribution in [0.3, 0.4) is 0 Å². The average molecular weight is 326 g/mol. The number of rotatable bonds is 6. The molecule has 1 heterocycles.